The number of rotatable bonds is 6. The van der Waals surface area contributed by atoms with Gasteiger partial charge in [-0.2, -0.15) is 18.2 Å². The molecule has 0 atom stereocenters. The maximum Gasteiger partial charge on any atom is 0.417 e. The Balaban J connectivity index is 1.64. The third-order valence-electron chi connectivity index (χ3n) is 3.48. The van der Waals surface area contributed by atoms with E-state index in [1.54, 1.807) is 6.07 Å². The predicted octanol–water partition coefficient (Wildman–Crippen LogP) is 4.59. The zero-order valence-corrected chi connectivity index (χ0v) is 14.0. The van der Waals surface area contributed by atoms with E-state index in [0.717, 1.165) is 12.1 Å². The summed E-state index contributed by atoms with van der Waals surface area (Å²) in [6, 6.07) is 5.89. The van der Waals surface area contributed by atoms with Gasteiger partial charge in [-0.3, -0.25) is 0 Å². The fourth-order valence-corrected chi connectivity index (χ4v) is 2.10. The lowest BCUT2D eigenvalue weighted by molar-refractivity contribution is -0.137. The molecule has 0 spiro atoms. The SMILES string of the molecule is CCc1noc(CNc2ccc(Oc3ccc(C(F)(F)F)cn3)c(F)c2)n1. The van der Waals surface area contributed by atoms with Crippen molar-refractivity contribution in [2.24, 2.45) is 0 Å². The summed E-state index contributed by atoms with van der Waals surface area (Å²) < 4.78 is 61.9. The van der Waals surface area contributed by atoms with Gasteiger partial charge in [0.25, 0.3) is 0 Å². The van der Waals surface area contributed by atoms with Crippen molar-refractivity contribution >= 4 is 5.69 Å². The number of nitrogens with one attached hydrogen (secondary N) is 1. The van der Waals surface area contributed by atoms with Crippen molar-refractivity contribution in [2.75, 3.05) is 5.32 Å². The van der Waals surface area contributed by atoms with E-state index in [-0.39, 0.29) is 18.2 Å². The number of nitrogens with zero attached hydrogens (tertiary/aromatic N) is 3. The van der Waals surface area contributed by atoms with Crippen molar-refractivity contribution < 1.29 is 26.8 Å². The van der Waals surface area contributed by atoms with Gasteiger partial charge in [-0.05, 0) is 18.2 Å². The van der Waals surface area contributed by atoms with Crippen LogP contribution >= 0.6 is 0 Å². The number of aryl methyl sites for hydroxylation is 1. The molecular formula is C17H14F4N4O2. The highest BCUT2D eigenvalue weighted by Crippen LogP contribution is 2.31. The summed E-state index contributed by atoms with van der Waals surface area (Å²) in [6.07, 6.45) is -3.24. The number of ether oxygens (including phenoxy) is 1. The van der Waals surface area contributed by atoms with Crippen molar-refractivity contribution in [1.29, 1.82) is 0 Å². The molecule has 0 unspecified atom stereocenters. The van der Waals surface area contributed by atoms with Crippen LogP contribution in [0.25, 0.3) is 0 Å². The number of benzene rings is 1. The van der Waals surface area contributed by atoms with E-state index in [1.165, 1.54) is 12.1 Å². The lowest BCUT2D eigenvalue weighted by atomic mass is 10.2. The van der Waals surface area contributed by atoms with Crippen molar-refractivity contribution in [3.63, 3.8) is 0 Å². The van der Waals surface area contributed by atoms with Crippen LogP contribution < -0.4 is 10.1 Å². The normalized spacial score (nSPS) is 11.4. The number of pyridine rings is 1. The Kier molecular flexibility index (Phi) is 5.24. The second-order valence-corrected chi connectivity index (χ2v) is 5.44. The zero-order valence-electron chi connectivity index (χ0n) is 14.0. The fourth-order valence-electron chi connectivity index (χ4n) is 2.10. The molecule has 3 aromatic rings. The quantitative estimate of drug-likeness (QED) is 0.629. The molecule has 0 aliphatic rings. The second kappa shape index (κ2) is 7.60. The smallest absolute Gasteiger partial charge is 0.417 e. The standard InChI is InChI=1S/C17H14F4N4O2/c1-2-14-24-16(27-25-14)9-22-11-4-5-13(12(18)7-11)26-15-6-3-10(8-23-15)17(19,20)21/h3-8,22H,2,9H2,1H3. The number of anilines is 1. The molecule has 0 aliphatic carbocycles. The lowest BCUT2D eigenvalue weighted by Crippen LogP contribution is -2.05. The third kappa shape index (κ3) is 4.72. The van der Waals surface area contributed by atoms with Crippen LogP contribution in [0.2, 0.25) is 0 Å². The van der Waals surface area contributed by atoms with Crippen molar-refractivity contribution in [2.45, 2.75) is 26.1 Å². The van der Waals surface area contributed by atoms with Crippen molar-refractivity contribution in [3.8, 4) is 11.6 Å². The maximum atomic E-state index is 14.2. The van der Waals surface area contributed by atoms with Crippen LogP contribution in [-0.4, -0.2) is 15.1 Å². The molecule has 0 amide bonds. The minimum atomic E-state index is -4.50. The number of alkyl halides is 3. The first kappa shape index (κ1) is 18.6. The number of hydrogen-bond acceptors (Lipinski definition) is 6. The molecule has 2 aromatic heterocycles. The Morgan fingerprint density at radius 3 is 2.59 bits per heavy atom. The van der Waals surface area contributed by atoms with Gasteiger partial charge < -0.3 is 14.6 Å². The number of hydrogen-bond donors (Lipinski definition) is 1. The van der Waals surface area contributed by atoms with Gasteiger partial charge in [-0.15, -0.1) is 0 Å². The first-order valence-corrected chi connectivity index (χ1v) is 7.91. The summed E-state index contributed by atoms with van der Waals surface area (Å²) in [6.45, 7) is 2.11. The first-order chi connectivity index (χ1) is 12.8. The summed E-state index contributed by atoms with van der Waals surface area (Å²) in [5, 5.41) is 6.67. The molecule has 1 N–H and O–H groups in total. The van der Waals surface area contributed by atoms with Crippen molar-refractivity contribution in [1.82, 2.24) is 15.1 Å². The average Bonchev–Trinajstić information content (AvgIpc) is 3.10. The van der Waals surface area contributed by atoms with Gasteiger partial charge in [0.2, 0.25) is 11.8 Å². The maximum absolute atomic E-state index is 14.2. The Morgan fingerprint density at radius 1 is 1.19 bits per heavy atom. The molecule has 0 bridgehead atoms. The predicted molar refractivity (Wildman–Crippen MR) is 86.7 cm³/mol. The van der Waals surface area contributed by atoms with Gasteiger partial charge in [0, 0.05) is 30.4 Å². The molecule has 2 heterocycles. The Labute approximate surface area is 151 Å². The Hall–Kier alpha value is -3.17. The third-order valence-corrected chi connectivity index (χ3v) is 3.48. The van der Waals surface area contributed by atoms with Gasteiger partial charge in [0.15, 0.2) is 17.4 Å². The van der Waals surface area contributed by atoms with E-state index >= 15 is 0 Å². The molecule has 0 fully saturated rings. The monoisotopic (exact) mass is 382 g/mol. The summed E-state index contributed by atoms with van der Waals surface area (Å²) in [7, 11) is 0. The molecule has 0 radical (unpaired) electrons. The molecule has 27 heavy (non-hydrogen) atoms. The molecule has 0 aliphatic heterocycles. The van der Waals surface area contributed by atoms with E-state index in [9.17, 15) is 17.6 Å². The molecule has 0 saturated carbocycles. The summed E-state index contributed by atoms with van der Waals surface area (Å²) >= 11 is 0. The van der Waals surface area contributed by atoms with Gasteiger partial charge in [0.05, 0.1) is 12.1 Å². The van der Waals surface area contributed by atoms with Gasteiger partial charge in [-0.25, -0.2) is 9.37 Å². The van der Waals surface area contributed by atoms with Crippen LogP contribution in [0.4, 0.5) is 23.2 Å². The largest absolute Gasteiger partial charge is 0.436 e. The average molecular weight is 382 g/mol. The topological polar surface area (TPSA) is 73.1 Å². The van der Waals surface area contributed by atoms with Crippen LogP contribution in [-0.2, 0) is 19.1 Å². The molecule has 1 aromatic carbocycles. The number of aromatic nitrogens is 3. The van der Waals surface area contributed by atoms with Gasteiger partial charge in [0.1, 0.15) is 0 Å². The molecule has 6 nitrogen and oxygen atoms in total. The fraction of sp³-hybridized carbons (Fsp3) is 0.235. The minimum Gasteiger partial charge on any atom is -0.436 e. The molecule has 142 valence electrons. The molecule has 10 heteroatoms. The van der Waals surface area contributed by atoms with Crippen molar-refractivity contribution in [3.05, 3.63) is 59.6 Å². The van der Waals surface area contributed by atoms with Crippen LogP contribution in [0.3, 0.4) is 0 Å². The molecular weight excluding hydrogens is 368 g/mol. The highest BCUT2D eigenvalue weighted by molar-refractivity contribution is 5.47. The van der Waals surface area contributed by atoms with E-state index in [4.69, 9.17) is 9.26 Å². The highest BCUT2D eigenvalue weighted by Gasteiger charge is 2.30. The number of halogens is 4. The summed E-state index contributed by atoms with van der Waals surface area (Å²) in [4.78, 5) is 7.66. The van der Waals surface area contributed by atoms with Crippen LogP contribution in [0.5, 0.6) is 11.6 Å². The minimum absolute atomic E-state index is 0.152. The van der Waals surface area contributed by atoms with Crippen LogP contribution in [0.15, 0.2) is 41.1 Å². The summed E-state index contributed by atoms with van der Waals surface area (Å²) in [5.74, 6) is -0.0896. The highest BCUT2D eigenvalue weighted by atomic mass is 19.4. The van der Waals surface area contributed by atoms with Gasteiger partial charge >= 0.3 is 6.18 Å². The van der Waals surface area contributed by atoms with Crippen LogP contribution in [0, 0.1) is 5.82 Å². The van der Waals surface area contributed by atoms with E-state index in [2.05, 4.69) is 20.4 Å². The van der Waals surface area contributed by atoms with E-state index in [1.807, 2.05) is 6.92 Å². The Bertz CT molecular complexity index is 910. The molecule has 0 saturated heterocycles. The first-order valence-electron chi connectivity index (χ1n) is 7.91. The second-order valence-electron chi connectivity index (χ2n) is 5.44. The van der Waals surface area contributed by atoms with E-state index < -0.39 is 17.6 Å². The van der Waals surface area contributed by atoms with E-state index in [0.29, 0.717) is 30.0 Å². The molecule has 3 rings (SSSR count). The van der Waals surface area contributed by atoms with Gasteiger partial charge in [-0.1, -0.05) is 12.1 Å². The Morgan fingerprint density at radius 2 is 2.00 bits per heavy atom. The van der Waals surface area contributed by atoms with Crippen LogP contribution in [0.1, 0.15) is 24.2 Å². The zero-order chi connectivity index (χ0) is 19.4. The lowest BCUT2D eigenvalue weighted by Gasteiger charge is -2.10. The summed E-state index contributed by atoms with van der Waals surface area (Å²) in [5.41, 5.74) is -0.474.